The number of piperidine rings is 1. The van der Waals surface area contributed by atoms with Crippen molar-refractivity contribution in [3.63, 3.8) is 0 Å². The molecule has 4 aromatic rings. The average Bonchev–Trinajstić information content (AvgIpc) is 3.62. The predicted molar refractivity (Wildman–Crippen MR) is 140 cm³/mol. The molecule has 3 atom stereocenters. The highest BCUT2D eigenvalue weighted by Gasteiger charge is 2.48. The molecular formula is C26H23ClN8O2. The van der Waals surface area contributed by atoms with E-state index < -0.39 is 0 Å². The van der Waals surface area contributed by atoms with Gasteiger partial charge >= 0.3 is 0 Å². The van der Waals surface area contributed by atoms with Crippen LogP contribution in [0.4, 0.5) is 11.6 Å². The third-order valence-electron chi connectivity index (χ3n) is 7.13. The van der Waals surface area contributed by atoms with E-state index in [1.165, 1.54) is 12.4 Å². The van der Waals surface area contributed by atoms with E-state index >= 15 is 0 Å². The Kier molecular flexibility index (Phi) is 5.60. The summed E-state index contributed by atoms with van der Waals surface area (Å²) in [4.78, 5) is 39.9. The van der Waals surface area contributed by atoms with E-state index in [2.05, 4.69) is 26.8 Å². The molecule has 3 N–H and O–H groups in total. The molecule has 2 fully saturated rings. The van der Waals surface area contributed by atoms with E-state index in [9.17, 15) is 9.59 Å². The molecule has 0 radical (unpaired) electrons. The number of fused-ring (bicyclic) bond motifs is 3. The zero-order valence-corrected chi connectivity index (χ0v) is 20.5. The molecule has 4 heterocycles. The zero-order valence-electron chi connectivity index (χ0n) is 19.7. The second-order valence-corrected chi connectivity index (χ2v) is 9.69. The van der Waals surface area contributed by atoms with Crippen LogP contribution >= 0.6 is 11.6 Å². The number of nitrogens with one attached hydrogen (secondary N) is 1. The first kappa shape index (κ1) is 23.1. The van der Waals surface area contributed by atoms with Crippen molar-refractivity contribution in [2.75, 3.05) is 17.6 Å². The Hall–Kier alpha value is -4.31. The number of rotatable bonds is 5. The summed E-state index contributed by atoms with van der Waals surface area (Å²) in [6.45, 7) is 4.37. The van der Waals surface area contributed by atoms with Crippen LogP contribution in [0, 0.1) is 5.92 Å². The minimum Gasteiger partial charge on any atom is -0.383 e. The lowest BCUT2D eigenvalue weighted by molar-refractivity contribution is -0.128. The molecule has 2 bridgehead atoms. The number of hydrogen-bond donors (Lipinski definition) is 2. The molecule has 1 unspecified atom stereocenters. The number of anilines is 2. The molecule has 1 aliphatic carbocycles. The number of nitrogens with two attached hydrogens (primary N) is 1. The summed E-state index contributed by atoms with van der Waals surface area (Å²) in [5, 5.41) is 8.59. The van der Waals surface area contributed by atoms with Crippen molar-refractivity contribution in [3.05, 3.63) is 72.2 Å². The molecular weight excluding hydrogens is 492 g/mol. The van der Waals surface area contributed by atoms with Crippen LogP contribution in [-0.4, -0.2) is 54.0 Å². The number of benzene rings is 1. The van der Waals surface area contributed by atoms with Gasteiger partial charge in [0.05, 0.1) is 22.5 Å². The highest BCUT2D eigenvalue weighted by molar-refractivity contribution is 6.34. The molecule has 1 aliphatic heterocycles. The first-order chi connectivity index (χ1) is 17.9. The van der Waals surface area contributed by atoms with Crippen LogP contribution in [-0.2, 0) is 4.79 Å². The fraction of sp³-hybridized carbons (Fsp3) is 0.231. The fourth-order valence-electron chi connectivity index (χ4n) is 5.51. The van der Waals surface area contributed by atoms with Gasteiger partial charge in [-0.3, -0.25) is 9.59 Å². The van der Waals surface area contributed by atoms with Crippen molar-refractivity contribution in [2.24, 2.45) is 5.92 Å². The molecule has 11 heteroatoms. The van der Waals surface area contributed by atoms with Gasteiger partial charge in [0.2, 0.25) is 5.91 Å². The molecule has 10 nitrogen and oxygen atoms in total. The summed E-state index contributed by atoms with van der Waals surface area (Å²) in [7, 11) is 0. The lowest BCUT2D eigenvalue weighted by atomic mass is 10.1. The number of nitrogen functional groups attached to an aromatic ring is 1. The van der Waals surface area contributed by atoms with Gasteiger partial charge in [-0.2, -0.15) is 5.10 Å². The van der Waals surface area contributed by atoms with Crippen LogP contribution in [0.25, 0.3) is 22.3 Å². The quantitative estimate of drug-likeness (QED) is 0.388. The van der Waals surface area contributed by atoms with Gasteiger partial charge < -0.3 is 16.0 Å². The molecule has 1 saturated carbocycles. The Morgan fingerprint density at radius 2 is 1.97 bits per heavy atom. The van der Waals surface area contributed by atoms with Crippen LogP contribution in [0.15, 0.2) is 61.6 Å². The van der Waals surface area contributed by atoms with Crippen molar-refractivity contribution in [1.29, 1.82) is 0 Å². The molecule has 1 saturated heterocycles. The molecule has 0 spiro atoms. The van der Waals surface area contributed by atoms with E-state index in [-0.39, 0.29) is 29.7 Å². The number of halogens is 1. The topological polar surface area (TPSA) is 132 Å². The van der Waals surface area contributed by atoms with Gasteiger partial charge in [0, 0.05) is 23.9 Å². The number of carbonyl (C=O) groups is 2. The van der Waals surface area contributed by atoms with Gasteiger partial charge in [0.25, 0.3) is 5.91 Å². The highest BCUT2D eigenvalue weighted by Crippen LogP contribution is 2.46. The Morgan fingerprint density at radius 1 is 1.14 bits per heavy atom. The number of amides is 2. The molecule has 186 valence electrons. The lowest BCUT2D eigenvalue weighted by Crippen LogP contribution is -2.42. The lowest BCUT2D eigenvalue weighted by Gasteiger charge is -2.32. The minimum atomic E-state index is -0.334. The first-order valence-electron chi connectivity index (χ1n) is 11.9. The monoisotopic (exact) mass is 514 g/mol. The molecule has 2 aliphatic rings. The van der Waals surface area contributed by atoms with Gasteiger partial charge in [-0.05, 0) is 49.1 Å². The average molecular weight is 515 g/mol. The zero-order chi connectivity index (χ0) is 25.7. The maximum absolute atomic E-state index is 12.7. The summed E-state index contributed by atoms with van der Waals surface area (Å²) in [5.74, 6) is 0.699. The van der Waals surface area contributed by atoms with Crippen molar-refractivity contribution < 1.29 is 9.59 Å². The van der Waals surface area contributed by atoms with E-state index in [0.29, 0.717) is 44.6 Å². The molecule has 1 aromatic carbocycles. The standard InChI is InChI=1S/C26H23ClN8O2/c1-2-21(36)34-12-14-9-18(34)19(10-14)35-25-22(24(28)30-13-31-25)23(33-35)16-7-6-15(11-17(16)27)26(37)32-20-5-3-4-8-29-20/h2-8,11,13-14,18-19H,1,9-10,12H2,(H2,28,30,31)(H,29,32,37)/t14-,18-,19?/m1/s1. The van der Waals surface area contributed by atoms with Gasteiger partial charge in [0.1, 0.15) is 23.7 Å². The van der Waals surface area contributed by atoms with Crippen molar-refractivity contribution in [1.82, 2.24) is 29.6 Å². The van der Waals surface area contributed by atoms with Crippen LogP contribution < -0.4 is 11.1 Å². The van der Waals surface area contributed by atoms with Crippen LogP contribution in [0.1, 0.15) is 29.2 Å². The number of likely N-dealkylation sites (tertiary alicyclic amines) is 1. The van der Waals surface area contributed by atoms with Crippen LogP contribution in [0.2, 0.25) is 5.02 Å². The number of pyridine rings is 1. The second kappa shape index (κ2) is 8.97. The third kappa shape index (κ3) is 3.89. The fourth-order valence-corrected chi connectivity index (χ4v) is 5.78. The largest absolute Gasteiger partial charge is 0.383 e. The Bertz CT molecular complexity index is 1550. The van der Waals surface area contributed by atoms with Gasteiger partial charge in [-0.25, -0.2) is 19.6 Å². The summed E-state index contributed by atoms with van der Waals surface area (Å²) in [6, 6.07) is 10.2. The maximum Gasteiger partial charge on any atom is 0.256 e. The third-order valence-corrected chi connectivity index (χ3v) is 7.44. The van der Waals surface area contributed by atoms with Crippen molar-refractivity contribution in [2.45, 2.75) is 24.9 Å². The molecule has 6 rings (SSSR count). The number of aromatic nitrogens is 5. The normalized spacial score (nSPS) is 20.4. The number of hydrogen-bond acceptors (Lipinski definition) is 7. The number of carbonyl (C=O) groups excluding carboxylic acids is 2. The second-order valence-electron chi connectivity index (χ2n) is 9.28. The van der Waals surface area contributed by atoms with Gasteiger partial charge in [0.15, 0.2) is 5.65 Å². The summed E-state index contributed by atoms with van der Waals surface area (Å²) >= 11 is 6.69. The number of nitrogens with zero attached hydrogens (tertiary/aromatic N) is 6. The highest BCUT2D eigenvalue weighted by atomic mass is 35.5. The van der Waals surface area contributed by atoms with Gasteiger partial charge in [-0.15, -0.1) is 0 Å². The molecule has 3 aromatic heterocycles. The predicted octanol–water partition coefficient (Wildman–Crippen LogP) is 3.72. The van der Waals surface area contributed by atoms with E-state index in [4.69, 9.17) is 22.4 Å². The van der Waals surface area contributed by atoms with Crippen molar-refractivity contribution >= 4 is 46.1 Å². The van der Waals surface area contributed by atoms with Gasteiger partial charge in [-0.1, -0.05) is 30.3 Å². The van der Waals surface area contributed by atoms with E-state index in [1.54, 1.807) is 42.6 Å². The SMILES string of the molecule is C=CC(=O)N1C[C@H]2CC(n3nc(-c4ccc(C(=O)Nc5ccccn5)cc4Cl)c4c(N)ncnc43)[C@H]1C2. The van der Waals surface area contributed by atoms with Crippen LogP contribution in [0.5, 0.6) is 0 Å². The summed E-state index contributed by atoms with van der Waals surface area (Å²) in [6.07, 6.45) is 6.15. The maximum atomic E-state index is 12.7. The molecule has 37 heavy (non-hydrogen) atoms. The smallest absolute Gasteiger partial charge is 0.256 e. The Labute approximate surface area is 217 Å². The van der Waals surface area contributed by atoms with Crippen molar-refractivity contribution in [3.8, 4) is 11.3 Å². The van der Waals surface area contributed by atoms with E-state index in [1.807, 2.05) is 9.58 Å². The molecule has 2 amide bonds. The Morgan fingerprint density at radius 3 is 2.70 bits per heavy atom. The summed E-state index contributed by atoms with van der Waals surface area (Å²) in [5.41, 5.74) is 8.38. The van der Waals surface area contributed by atoms with Crippen LogP contribution in [0.3, 0.4) is 0 Å². The minimum absolute atomic E-state index is 0.00391. The summed E-state index contributed by atoms with van der Waals surface area (Å²) < 4.78 is 1.86. The Balaban J connectivity index is 1.38. The van der Waals surface area contributed by atoms with E-state index in [0.717, 1.165) is 19.4 Å². The first-order valence-corrected chi connectivity index (χ1v) is 12.3.